The van der Waals surface area contributed by atoms with Crippen molar-refractivity contribution in [1.29, 1.82) is 0 Å². The van der Waals surface area contributed by atoms with Gasteiger partial charge in [0.2, 0.25) is 0 Å². The Hall–Kier alpha value is -0.910. The summed E-state index contributed by atoms with van der Waals surface area (Å²) in [6.45, 7) is 3.37. The van der Waals surface area contributed by atoms with Crippen molar-refractivity contribution < 1.29 is 15.0 Å². The minimum atomic E-state index is -0.930. The molecule has 1 aliphatic carbocycles. The molecule has 1 aromatic rings. The highest BCUT2D eigenvalue weighted by Gasteiger charge is 2.32. The van der Waals surface area contributed by atoms with Gasteiger partial charge in [-0.1, -0.05) is 41.8 Å². The maximum Gasteiger partial charge on any atom is 0.335 e. The van der Waals surface area contributed by atoms with Crippen LogP contribution in [0.1, 0.15) is 48.5 Å². The number of carboxylic acid groups (broad SMARTS) is 1. The number of hydrogen-bond acceptors (Lipinski definition) is 3. The molecule has 1 aromatic carbocycles. The van der Waals surface area contributed by atoms with Gasteiger partial charge in [0.05, 0.1) is 11.2 Å². The van der Waals surface area contributed by atoms with Crippen molar-refractivity contribution in [2.24, 2.45) is 5.92 Å². The maximum atomic E-state index is 10.9. The highest BCUT2D eigenvalue weighted by atomic mass is 79.9. The third-order valence-electron chi connectivity index (χ3n) is 4.14. The lowest BCUT2D eigenvalue weighted by Gasteiger charge is -2.35. The summed E-state index contributed by atoms with van der Waals surface area (Å²) >= 11 is 3.40. The molecule has 3 N–H and O–H groups in total. The quantitative estimate of drug-likeness (QED) is 0.758. The van der Waals surface area contributed by atoms with E-state index in [-0.39, 0.29) is 5.56 Å². The van der Waals surface area contributed by atoms with E-state index in [1.807, 2.05) is 0 Å². The number of aliphatic hydroxyl groups is 1. The standard InChI is InChI=1S/C16H22BrNO3/c1-11-3-2-6-16(21,8-11)10-18-9-13-5-4-12(15(19)20)7-14(13)17/h4-5,7,11,18,21H,2-3,6,8-10H2,1H3,(H,19,20). The number of carbonyl (C=O) groups is 1. The second-order valence-electron chi connectivity index (χ2n) is 6.14. The molecule has 2 atom stereocenters. The number of hydrogen-bond donors (Lipinski definition) is 3. The summed E-state index contributed by atoms with van der Waals surface area (Å²) < 4.78 is 0.777. The Bertz CT molecular complexity index is 520. The minimum absolute atomic E-state index is 0.269. The lowest BCUT2D eigenvalue weighted by molar-refractivity contribution is -0.0119. The van der Waals surface area contributed by atoms with Crippen molar-refractivity contribution in [2.45, 2.75) is 44.8 Å². The van der Waals surface area contributed by atoms with Gasteiger partial charge in [0.15, 0.2) is 0 Å². The molecule has 116 valence electrons. The second-order valence-corrected chi connectivity index (χ2v) is 7.00. The van der Waals surface area contributed by atoms with E-state index in [1.165, 1.54) is 6.42 Å². The van der Waals surface area contributed by atoms with Crippen LogP contribution < -0.4 is 5.32 Å². The van der Waals surface area contributed by atoms with Gasteiger partial charge in [-0.2, -0.15) is 0 Å². The first-order valence-corrected chi connectivity index (χ1v) is 8.14. The van der Waals surface area contributed by atoms with Gasteiger partial charge in [-0.15, -0.1) is 0 Å². The molecule has 2 rings (SSSR count). The van der Waals surface area contributed by atoms with E-state index in [0.717, 1.165) is 29.3 Å². The van der Waals surface area contributed by atoms with Gasteiger partial charge in [-0.05, 0) is 36.5 Å². The van der Waals surface area contributed by atoms with Crippen LogP contribution in [0.4, 0.5) is 0 Å². The zero-order valence-electron chi connectivity index (χ0n) is 12.2. The first-order valence-electron chi connectivity index (χ1n) is 7.34. The summed E-state index contributed by atoms with van der Waals surface area (Å²) in [6.07, 6.45) is 3.98. The molecular formula is C16H22BrNO3. The number of nitrogens with one attached hydrogen (secondary N) is 1. The Morgan fingerprint density at radius 1 is 1.52 bits per heavy atom. The topological polar surface area (TPSA) is 69.6 Å². The molecule has 0 amide bonds. The summed E-state index contributed by atoms with van der Waals surface area (Å²) in [4.78, 5) is 10.9. The molecule has 0 saturated heterocycles. The van der Waals surface area contributed by atoms with Crippen molar-refractivity contribution in [1.82, 2.24) is 5.32 Å². The van der Waals surface area contributed by atoms with Gasteiger partial charge in [-0.3, -0.25) is 0 Å². The fraction of sp³-hybridized carbons (Fsp3) is 0.562. The monoisotopic (exact) mass is 355 g/mol. The largest absolute Gasteiger partial charge is 0.478 e. The lowest BCUT2D eigenvalue weighted by atomic mass is 9.79. The average Bonchev–Trinajstić information content (AvgIpc) is 2.40. The number of benzene rings is 1. The maximum absolute atomic E-state index is 10.9. The molecule has 4 nitrogen and oxygen atoms in total. The van der Waals surface area contributed by atoms with Crippen LogP contribution in [0.25, 0.3) is 0 Å². The fourth-order valence-electron chi connectivity index (χ4n) is 3.05. The number of halogens is 1. The molecule has 1 saturated carbocycles. The predicted molar refractivity (Wildman–Crippen MR) is 85.4 cm³/mol. The van der Waals surface area contributed by atoms with Crippen molar-refractivity contribution >= 4 is 21.9 Å². The molecular weight excluding hydrogens is 334 g/mol. The molecule has 2 unspecified atom stereocenters. The number of carboxylic acids is 1. The van der Waals surface area contributed by atoms with Crippen LogP contribution in [0, 0.1) is 5.92 Å². The van der Waals surface area contributed by atoms with E-state index in [2.05, 4.69) is 28.2 Å². The molecule has 0 aromatic heterocycles. The first-order chi connectivity index (χ1) is 9.89. The van der Waals surface area contributed by atoms with Crippen LogP contribution in [0.2, 0.25) is 0 Å². The van der Waals surface area contributed by atoms with Gasteiger partial charge in [-0.25, -0.2) is 4.79 Å². The van der Waals surface area contributed by atoms with Gasteiger partial charge in [0.25, 0.3) is 0 Å². The molecule has 21 heavy (non-hydrogen) atoms. The smallest absolute Gasteiger partial charge is 0.335 e. The normalized spacial score (nSPS) is 25.8. The molecule has 1 aliphatic rings. The summed E-state index contributed by atoms with van der Waals surface area (Å²) in [6, 6.07) is 5.01. The molecule has 0 heterocycles. The lowest BCUT2D eigenvalue weighted by Crippen LogP contribution is -2.43. The second kappa shape index (κ2) is 6.90. The first kappa shape index (κ1) is 16.5. The van der Waals surface area contributed by atoms with Crippen molar-refractivity contribution in [3.8, 4) is 0 Å². The van der Waals surface area contributed by atoms with Crippen LogP contribution in [0.5, 0.6) is 0 Å². The third kappa shape index (κ3) is 4.53. The molecule has 0 aliphatic heterocycles. The average molecular weight is 356 g/mol. The summed E-state index contributed by atoms with van der Waals surface area (Å²) in [5, 5.41) is 22.8. The Morgan fingerprint density at radius 2 is 2.29 bits per heavy atom. The third-order valence-corrected chi connectivity index (χ3v) is 4.88. The van der Waals surface area contributed by atoms with E-state index in [0.29, 0.717) is 19.0 Å². The highest BCUT2D eigenvalue weighted by molar-refractivity contribution is 9.10. The predicted octanol–water partition coefficient (Wildman–Crippen LogP) is 3.18. The molecule has 5 heteroatoms. The van der Waals surface area contributed by atoms with Crippen LogP contribution in [-0.4, -0.2) is 28.3 Å². The molecule has 0 spiro atoms. The molecule has 0 radical (unpaired) electrons. The van der Waals surface area contributed by atoms with E-state index in [4.69, 9.17) is 5.11 Å². The minimum Gasteiger partial charge on any atom is -0.478 e. The van der Waals surface area contributed by atoms with Gasteiger partial charge >= 0.3 is 5.97 Å². The van der Waals surface area contributed by atoms with E-state index in [1.54, 1.807) is 18.2 Å². The van der Waals surface area contributed by atoms with E-state index >= 15 is 0 Å². The van der Waals surface area contributed by atoms with E-state index < -0.39 is 11.6 Å². The fourth-order valence-corrected chi connectivity index (χ4v) is 3.57. The zero-order chi connectivity index (χ0) is 15.5. The summed E-state index contributed by atoms with van der Waals surface area (Å²) in [5.74, 6) is -0.354. The van der Waals surface area contributed by atoms with Crippen molar-refractivity contribution in [2.75, 3.05) is 6.54 Å². The van der Waals surface area contributed by atoms with Crippen molar-refractivity contribution in [3.63, 3.8) is 0 Å². The Morgan fingerprint density at radius 3 is 2.90 bits per heavy atom. The Balaban J connectivity index is 1.90. The van der Waals surface area contributed by atoms with Gasteiger partial charge in [0.1, 0.15) is 0 Å². The van der Waals surface area contributed by atoms with Gasteiger partial charge in [0, 0.05) is 17.6 Å². The zero-order valence-corrected chi connectivity index (χ0v) is 13.8. The molecule has 0 bridgehead atoms. The summed E-state index contributed by atoms with van der Waals surface area (Å²) in [7, 11) is 0. The highest BCUT2D eigenvalue weighted by Crippen LogP contribution is 2.31. The number of aromatic carboxylic acids is 1. The van der Waals surface area contributed by atoms with Gasteiger partial charge < -0.3 is 15.5 Å². The Labute approximate surface area is 133 Å². The van der Waals surface area contributed by atoms with Crippen LogP contribution in [-0.2, 0) is 6.54 Å². The van der Waals surface area contributed by atoms with Crippen LogP contribution >= 0.6 is 15.9 Å². The van der Waals surface area contributed by atoms with Crippen LogP contribution in [0.15, 0.2) is 22.7 Å². The van der Waals surface area contributed by atoms with Crippen molar-refractivity contribution in [3.05, 3.63) is 33.8 Å². The number of rotatable bonds is 5. The summed E-state index contributed by atoms with van der Waals surface area (Å²) in [5.41, 5.74) is 0.656. The SMILES string of the molecule is CC1CCCC(O)(CNCc2ccc(C(=O)O)cc2Br)C1. The molecule has 1 fully saturated rings. The Kier molecular flexibility index (Phi) is 5.41. The van der Waals surface area contributed by atoms with Crippen LogP contribution in [0.3, 0.4) is 0 Å². The van der Waals surface area contributed by atoms with E-state index in [9.17, 15) is 9.90 Å².